The van der Waals surface area contributed by atoms with Crippen LogP contribution in [0.3, 0.4) is 0 Å². The number of amides is 1. The Labute approximate surface area is 192 Å². The molecule has 7 heteroatoms. The third-order valence-corrected chi connectivity index (χ3v) is 6.90. The average Bonchev–Trinajstić information content (AvgIpc) is 3.20. The minimum atomic E-state index is -0.213. The summed E-state index contributed by atoms with van der Waals surface area (Å²) < 4.78 is 6.30. The zero-order valence-electron chi connectivity index (χ0n) is 18.6. The summed E-state index contributed by atoms with van der Waals surface area (Å²) in [5, 5.41) is 3.42. The molecule has 1 aromatic heterocycles. The predicted octanol–water partition coefficient (Wildman–Crippen LogP) is 5.14. The highest BCUT2D eigenvalue weighted by atomic mass is 32.1. The van der Waals surface area contributed by atoms with Crippen LogP contribution in [-0.2, 0) is 11.3 Å². The Morgan fingerprint density at radius 3 is 2.72 bits per heavy atom. The van der Waals surface area contributed by atoms with Crippen molar-refractivity contribution >= 4 is 38.4 Å². The van der Waals surface area contributed by atoms with Crippen LogP contribution in [0.4, 0.5) is 5.13 Å². The summed E-state index contributed by atoms with van der Waals surface area (Å²) in [5.41, 5.74) is 2.65. The van der Waals surface area contributed by atoms with E-state index in [1.165, 1.54) is 36.9 Å². The van der Waals surface area contributed by atoms with E-state index in [2.05, 4.69) is 34.3 Å². The highest BCUT2D eigenvalue weighted by Crippen LogP contribution is 2.28. The number of nitrogens with one attached hydrogen (secondary N) is 1. The Morgan fingerprint density at radius 2 is 1.94 bits per heavy atom. The number of carbonyl (C=O) groups excluding carboxylic acids is 2. The van der Waals surface area contributed by atoms with Crippen molar-refractivity contribution < 1.29 is 14.3 Å². The summed E-state index contributed by atoms with van der Waals surface area (Å²) >= 11 is 1.47. The van der Waals surface area contributed by atoms with Gasteiger partial charge in [-0.15, -0.1) is 0 Å². The van der Waals surface area contributed by atoms with Crippen molar-refractivity contribution in [2.24, 2.45) is 5.92 Å². The lowest BCUT2D eigenvalue weighted by atomic mass is 9.99. The van der Waals surface area contributed by atoms with Crippen molar-refractivity contribution in [1.82, 2.24) is 9.88 Å². The number of para-hydroxylation sites is 1. The highest BCUT2D eigenvalue weighted by Gasteiger charge is 2.17. The second kappa shape index (κ2) is 10.2. The van der Waals surface area contributed by atoms with Gasteiger partial charge in [-0.2, -0.15) is 0 Å². The van der Waals surface area contributed by atoms with Gasteiger partial charge in [-0.25, -0.2) is 4.98 Å². The number of ketones is 1. The fraction of sp³-hybridized carbons (Fsp3) is 0.400. The number of methoxy groups -OCH3 is 1. The van der Waals surface area contributed by atoms with E-state index in [-0.39, 0.29) is 24.5 Å². The lowest BCUT2D eigenvalue weighted by Crippen LogP contribution is -2.32. The summed E-state index contributed by atoms with van der Waals surface area (Å²) in [6, 6.07) is 13.4. The van der Waals surface area contributed by atoms with Crippen LogP contribution >= 0.6 is 11.3 Å². The molecule has 0 spiro atoms. The number of anilines is 1. The van der Waals surface area contributed by atoms with Crippen molar-refractivity contribution in [3.63, 3.8) is 0 Å². The lowest BCUT2D eigenvalue weighted by Gasteiger charge is -2.30. The first-order chi connectivity index (χ1) is 15.5. The normalized spacial score (nSPS) is 15.1. The van der Waals surface area contributed by atoms with Gasteiger partial charge in [0.05, 0.1) is 22.9 Å². The van der Waals surface area contributed by atoms with Gasteiger partial charge in [0.1, 0.15) is 5.75 Å². The number of hydrogen-bond acceptors (Lipinski definition) is 6. The Bertz CT molecular complexity index is 1100. The molecule has 32 heavy (non-hydrogen) atoms. The van der Waals surface area contributed by atoms with Gasteiger partial charge in [0.2, 0.25) is 5.91 Å². The largest absolute Gasteiger partial charge is 0.496 e. The first kappa shape index (κ1) is 22.4. The third-order valence-electron chi connectivity index (χ3n) is 5.97. The number of hydrogen-bond donors (Lipinski definition) is 1. The molecule has 0 radical (unpaired) electrons. The monoisotopic (exact) mass is 451 g/mol. The van der Waals surface area contributed by atoms with Crippen molar-refractivity contribution in [3.05, 3.63) is 53.6 Å². The van der Waals surface area contributed by atoms with Crippen molar-refractivity contribution in [1.29, 1.82) is 0 Å². The van der Waals surface area contributed by atoms with Gasteiger partial charge in [0, 0.05) is 19.4 Å². The standard InChI is InChI=1S/C25H29N3O3S/c1-17-11-13-28(14-12-17)16-18-7-8-20-23(15-18)32-25(26-20)27-24(30)10-9-21(29)19-5-3-4-6-22(19)31-2/h3-8,15,17H,9-14,16H2,1-2H3,(H,26,27,30). The lowest BCUT2D eigenvalue weighted by molar-refractivity contribution is -0.116. The van der Waals surface area contributed by atoms with E-state index >= 15 is 0 Å². The first-order valence-electron chi connectivity index (χ1n) is 11.1. The Hall–Kier alpha value is -2.77. The van der Waals surface area contributed by atoms with Crippen LogP contribution in [0.25, 0.3) is 10.2 Å². The number of Topliss-reactive ketones (excluding diaryl/α,β-unsaturated/α-hetero) is 1. The van der Waals surface area contributed by atoms with Crippen LogP contribution < -0.4 is 10.1 Å². The second-order valence-electron chi connectivity index (χ2n) is 8.45. The Balaban J connectivity index is 1.33. The summed E-state index contributed by atoms with van der Waals surface area (Å²) in [6.07, 6.45) is 2.75. The van der Waals surface area contributed by atoms with E-state index in [4.69, 9.17) is 4.74 Å². The molecule has 4 rings (SSSR count). The summed E-state index contributed by atoms with van der Waals surface area (Å²) in [4.78, 5) is 31.9. The fourth-order valence-electron chi connectivity index (χ4n) is 4.02. The zero-order chi connectivity index (χ0) is 22.5. The molecule has 0 saturated carbocycles. The molecular weight excluding hydrogens is 422 g/mol. The summed E-state index contributed by atoms with van der Waals surface area (Å²) in [7, 11) is 1.53. The van der Waals surface area contributed by atoms with E-state index in [1.54, 1.807) is 18.2 Å². The minimum Gasteiger partial charge on any atom is -0.496 e. The molecule has 1 saturated heterocycles. The number of fused-ring (bicyclic) bond motifs is 1. The fourth-order valence-corrected chi connectivity index (χ4v) is 4.96. The maximum absolute atomic E-state index is 12.5. The number of likely N-dealkylation sites (tertiary alicyclic amines) is 1. The maximum atomic E-state index is 12.5. The van der Waals surface area contributed by atoms with Crippen LogP contribution in [0, 0.1) is 5.92 Å². The number of nitrogens with zero attached hydrogens (tertiary/aromatic N) is 2. The number of benzene rings is 2. The van der Waals surface area contributed by atoms with Gasteiger partial charge >= 0.3 is 0 Å². The second-order valence-corrected chi connectivity index (χ2v) is 9.48. The third kappa shape index (κ3) is 5.53. The molecule has 168 valence electrons. The minimum absolute atomic E-state index is 0.103. The highest BCUT2D eigenvalue weighted by molar-refractivity contribution is 7.22. The van der Waals surface area contributed by atoms with E-state index < -0.39 is 0 Å². The summed E-state index contributed by atoms with van der Waals surface area (Å²) in [6.45, 7) is 5.58. The van der Waals surface area contributed by atoms with Crippen LogP contribution in [0.5, 0.6) is 5.75 Å². The molecule has 2 aromatic carbocycles. The number of aromatic nitrogens is 1. The van der Waals surface area contributed by atoms with Gasteiger partial charge < -0.3 is 10.1 Å². The molecule has 1 N–H and O–H groups in total. The molecule has 1 aliphatic heterocycles. The molecule has 6 nitrogen and oxygen atoms in total. The molecule has 3 aromatic rings. The molecule has 1 aliphatic rings. The smallest absolute Gasteiger partial charge is 0.226 e. The van der Waals surface area contributed by atoms with Crippen LogP contribution in [0.15, 0.2) is 42.5 Å². The summed E-state index contributed by atoms with van der Waals surface area (Å²) in [5.74, 6) is 1.03. The SMILES string of the molecule is COc1ccccc1C(=O)CCC(=O)Nc1nc2ccc(CN3CCC(C)CC3)cc2s1. The van der Waals surface area contributed by atoms with Crippen LogP contribution in [-0.4, -0.2) is 41.8 Å². The Morgan fingerprint density at radius 1 is 1.16 bits per heavy atom. The molecule has 0 atom stereocenters. The van der Waals surface area contributed by atoms with E-state index in [9.17, 15) is 9.59 Å². The van der Waals surface area contributed by atoms with Crippen molar-refractivity contribution in [3.8, 4) is 5.75 Å². The zero-order valence-corrected chi connectivity index (χ0v) is 19.4. The van der Waals surface area contributed by atoms with Gasteiger partial charge in [0.25, 0.3) is 0 Å². The van der Waals surface area contributed by atoms with E-state index in [0.29, 0.717) is 16.4 Å². The topological polar surface area (TPSA) is 71.5 Å². The Kier molecular flexibility index (Phi) is 7.17. The van der Waals surface area contributed by atoms with Gasteiger partial charge in [0.15, 0.2) is 10.9 Å². The number of carbonyl (C=O) groups is 2. The van der Waals surface area contributed by atoms with Crippen LogP contribution in [0.2, 0.25) is 0 Å². The molecule has 0 bridgehead atoms. The quantitative estimate of drug-likeness (QED) is 0.480. The van der Waals surface area contributed by atoms with Crippen molar-refractivity contribution in [2.45, 2.75) is 39.2 Å². The van der Waals surface area contributed by atoms with Gasteiger partial charge in [-0.05, 0) is 61.7 Å². The van der Waals surface area contributed by atoms with Crippen LogP contribution in [0.1, 0.15) is 48.5 Å². The van der Waals surface area contributed by atoms with E-state index in [1.807, 2.05) is 12.1 Å². The number of thiazole rings is 1. The predicted molar refractivity (Wildman–Crippen MR) is 128 cm³/mol. The molecular formula is C25H29N3O3S. The molecule has 0 unspecified atom stereocenters. The molecule has 2 heterocycles. The molecule has 1 amide bonds. The molecule has 1 fully saturated rings. The molecule has 0 aliphatic carbocycles. The first-order valence-corrected chi connectivity index (χ1v) is 11.9. The van der Waals surface area contributed by atoms with Gasteiger partial charge in [-0.1, -0.05) is 36.5 Å². The maximum Gasteiger partial charge on any atom is 0.226 e. The van der Waals surface area contributed by atoms with Gasteiger partial charge in [-0.3, -0.25) is 14.5 Å². The van der Waals surface area contributed by atoms with E-state index in [0.717, 1.165) is 35.8 Å². The number of rotatable bonds is 8. The number of ether oxygens (including phenoxy) is 1. The number of piperidine rings is 1. The average molecular weight is 452 g/mol. The van der Waals surface area contributed by atoms with Crippen molar-refractivity contribution in [2.75, 3.05) is 25.5 Å².